The van der Waals surface area contributed by atoms with Gasteiger partial charge in [-0.1, -0.05) is 0 Å². The van der Waals surface area contributed by atoms with E-state index in [-0.39, 0.29) is 5.97 Å². The van der Waals surface area contributed by atoms with Crippen molar-refractivity contribution in [2.45, 2.75) is 24.9 Å². The van der Waals surface area contributed by atoms with E-state index in [0.717, 1.165) is 19.1 Å². The number of carbonyl (C=O) groups excluding carboxylic acids is 1. The smallest absolute Gasteiger partial charge is 0.319 e. The summed E-state index contributed by atoms with van der Waals surface area (Å²) in [5.41, 5.74) is 0. The summed E-state index contributed by atoms with van der Waals surface area (Å²) in [5.74, 6) is -0.176. The van der Waals surface area contributed by atoms with Crippen LogP contribution >= 0.6 is 0 Å². The Labute approximate surface area is 78.2 Å². The lowest BCUT2D eigenvalue weighted by Gasteiger charge is -2.39. The molecule has 2 aliphatic rings. The van der Waals surface area contributed by atoms with Gasteiger partial charge in [-0.15, -0.1) is 0 Å². The van der Waals surface area contributed by atoms with Crippen LogP contribution in [-0.2, 0) is 9.53 Å². The number of nitrogens with one attached hydrogen (secondary N) is 1. The molecule has 0 unspecified atom stereocenters. The molecular weight excluding hydrogens is 168 g/mol. The Bertz CT molecular complexity index is 198. The van der Waals surface area contributed by atoms with Gasteiger partial charge in [-0.05, 0) is 12.8 Å². The highest BCUT2D eigenvalue weighted by Gasteiger charge is 2.37. The Morgan fingerprint density at radius 2 is 2.23 bits per heavy atom. The van der Waals surface area contributed by atoms with Crippen molar-refractivity contribution in [3.05, 3.63) is 0 Å². The molecule has 0 spiro atoms. The van der Waals surface area contributed by atoms with Gasteiger partial charge in [-0.3, -0.25) is 9.69 Å². The topological polar surface area (TPSA) is 41.6 Å². The first-order valence-corrected chi connectivity index (χ1v) is 4.84. The molecule has 1 N–H and O–H groups in total. The van der Waals surface area contributed by atoms with E-state index >= 15 is 0 Å². The summed E-state index contributed by atoms with van der Waals surface area (Å²) < 4.78 is 4.54. The molecule has 1 saturated carbocycles. The number of hydrogen-bond donors (Lipinski definition) is 1. The summed E-state index contributed by atoms with van der Waals surface area (Å²) in [6.45, 7) is 2.54. The molecule has 1 aliphatic carbocycles. The van der Waals surface area contributed by atoms with Crippen molar-refractivity contribution >= 4 is 5.97 Å². The van der Waals surface area contributed by atoms with Crippen LogP contribution in [0.1, 0.15) is 12.8 Å². The van der Waals surface area contributed by atoms with E-state index in [9.17, 15) is 4.79 Å². The van der Waals surface area contributed by atoms with Crippen LogP contribution in [-0.4, -0.2) is 49.7 Å². The van der Waals surface area contributed by atoms with Crippen LogP contribution in [0.15, 0.2) is 0 Å². The van der Waals surface area contributed by atoms with Gasteiger partial charge in [-0.25, -0.2) is 0 Å². The maximum atomic E-state index is 10.8. The molecule has 13 heavy (non-hydrogen) atoms. The van der Waals surface area contributed by atoms with Gasteiger partial charge >= 0.3 is 5.97 Å². The molecule has 0 radical (unpaired) electrons. The van der Waals surface area contributed by atoms with Crippen LogP contribution in [0, 0.1) is 0 Å². The van der Waals surface area contributed by atoms with Crippen molar-refractivity contribution in [2.24, 2.45) is 0 Å². The average Bonchev–Trinajstić information content (AvgIpc) is 2.84. The highest BCUT2D eigenvalue weighted by Crippen LogP contribution is 2.30. The lowest BCUT2D eigenvalue weighted by molar-refractivity contribution is -0.139. The quantitative estimate of drug-likeness (QED) is 0.603. The van der Waals surface area contributed by atoms with E-state index in [2.05, 4.69) is 15.0 Å². The number of esters is 1. The highest BCUT2D eigenvalue weighted by atomic mass is 16.5. The molecule has 2 rings (SSSR count). The third-order valence-corrected chi connectivity index (χ3v) is 2.74. The van der Waals surface area contributed by atoms with Crippen molar-refractivity contribution in [1.29, 1.82) is 0 Å². The van der Waals surface area contributed by atoms with E-state index in [4.69, 9.17) is 0 Å². The van der Waals surface area contributed by atoms with Gasteiger partial charge in [0.05, 0.1) is 13.7 Å². The largest absolute Gasteiger partial charge is 0.468 e. The van der Waals surface area contributed by atoms with Gasteiger partial charge < -0.3 is 10.1 Å². The number of hydrogen-bond acceptors (Lipinski definition) is 4. The Morgan fingerprint density at radius 3 is 2.77 bits per heavy atom. The summed E-state index contributed by atoms with van der Waals surface area (Å²) >= 11 is 0. The molecule has 0 amide bonds. The number of carbonyl (C=O) groups is 1. The normalized spacial score (nSPS) is 24.1. The molecule has 0 bridgehead atoms. The van der Waals surface area contributed by atoms with E-state index in [1.807, 2.05) is 0 Å². The standard InChI is InChI=1S/C9H16N2O2/c1-13-9(12)4-10-7-5-11(6-7)8-2-3-8/h7-8,10H,2-6H2,1H3. The van der Waals surface area contributed by atoms with Crippen LogP contribution < -0.4 is 5.32 Å². The number of rotatable bonds is 4. The SMILES string of the molecule is COC(=O)CNC1CN(C2CC2)C1. The van der Waals surface area contributed by atoms with Gasteiger partial charge in [0.1, 0.15) is 0 Å². The third kappa shape index (κ3) is 2.19. The Hall–Kier alpha value is -0.610. The van der Waals surface area contributed by atoms with Crippen molar-refractivity contribution < 1.29 is 9.53 Å². The zero-order valence-electron chi connectivity index (χ0n) is 7.95. The molecule has 4 heteroatoms. The summed E-state index contributed by atoms with van der Waals surface area (Å²) in [6, 6.07) is 1.36. The monoisotopic (exact) mass is 184 g/mol. The fraction of sp³-hybridized carbons (Fsp3) is 0.889. The first-order chi connectivity index (χ1) is 6.29. The molecule has 1 heterocycles. The van der Waals surface area contributed by atoms with Gasteiger partial charge in [0.2, 0.25) is 0 Å². The van der Waals surface area contributed by atoms with Gasteiger partial charge in [0.25, 0.3) is 0 Å². The van der Waals surface area contributed by atoms with Crippen LogP contribution in [0.3, 0.4) is 0 Å². The second-order valence-corrected chi connectivity index (χ2v) is 3.84. The molecule has 2 fully saturated rings. The van der Waals surface area contributed by atoms with Crippen molar-refractivity contribution in [1.82, 2.24) is 10.2 Å². The predicted molar refractivity (Wildman–Crippen MR) is 48.4 cm³/mol. The first kappa shape index (κ1) is 8.97. The highest BCUT2D eigenvalue weighted by molar-refractivity contribution is 5.71. The summed E-state index contributed by atoms with van der Waals surface area (Å²) in [6.07, 6.45) is 2.73. The molecule has 0 aromatic carbocycles. The van der Waals surface area contributed by atoms with Crippen LogP contribution in [0.2, 0.25) is 0 Å². The zero-order valence-corrected chi connectivity index (χ0v) is 7.95. The fourth-order valence-electron chi connectivity index (χ4n) is 1.68. The maximum absolute atomic E-state index is 10.8. The molecule has 0 aromatic rings. The van der Waals surface area contributed by atoms with Crippen molar-refractivity contribution in [3.63, 3.8) is 0 Å². The minimum absolute atomic E-state index is 0.176. The van der Waals surface area contributed by atoms with Crippen molar-refractivity contribution in [2.75, 3.05) is 26.7 Å². The van der Waals surface area contributed by atoms with E-state index < -0.39 is 0 Å². The lowest BCUT2D eigenvalue weighted by atomic mass is 10.1. The van der Waals surface area contributed by atoms with E-state index in [1.54, 1.807) is 0 Å². The third-order valence-electron chi connectivity index (χ3n) is 2.74. The lowest BCUT2D eigenvalue weighted by Crippen LogP contribution is -2.59. The predicted octanol–water partition coefficient (Wildman–Crippen LogP) is -0.404. The number of ether oxygens (including phenoxy) is 1. The Balaban J connectivity index is 1.56. The van der Waals surface area contributed by atoms with Crippen LogP contribution in [0.25, 0.3) is 0 Å². The minimum Gasteiger partial charge on any atom is -0.468 e. The fourth-order valence-corrected chi connectivity index (χ4v) is 1.68. The average molecular weight is 184 g/mol. The van der Waals surface area contributed by atoms with Gasteiger partial charge in [0, 0.05) is 25.2 Å². The molecule has 1 saturated heterocycles. The van der Waals surface area contributed by atoms with E-state index in [1.165, 1.54) is 20.0 Å². The number of likely N-dealkylation sites (tertiary alicyclic amines) is 1. The zero-order chi connectivity index (χ0) is 9.26. The van der Waals surface area contributed by atoms with Gasteiger partial charge in [0.15, 0.2) is 0 Å². The maximum Gasteiger partial charge on any atom is 0.319 e. The molecule has 1 aliphatic heterocycles. The number of nitrogens with zero attached hydrogens (tertiary/aromatic N) is 1. The van der Waals surface area contributed by atoms with Gasteiger partial charge in [-0.2, -0.15) is 0 Å². The minimum atomic E-state index is -0.176. The second-order valence-electron chi connectivity index (χ2n) is 3.84. The molecular formula is C9H16N2O2. The molecule has 74 valence electrons. The summed E-state index contributed by atoms with van der Waals surface area (Å²) in [4.78, 5) is 13.3. The second kappa shape index (κ2) is 3.64. The summed E-state index contributed by atoms with van der Waals surface area (Å²) in [7, 11) is 1.42. The Morgan fingerprint density at radius 1 is 1.54 bits per heavy atom. The van der Waals surface area contributed by atoms with Crippen molar-refractivity contribution in [3.8, 4) is 0 Å². The first-order valence-electron chi connectivity index (χ1n) is 4.84. The van der Waals surface area contributed by atoms with E-state index in [0.29, 0.717) is 12.6 Å². The summed E-state index contributed by atoms with van der Waals surface area (Å²) in [5, 5.41) is 3.17. The number of methoxy groups -OCH3 is 1. The molecule has 0 atom stereocenters. The van der Waals surface area contributed by atoms with Crippen LogP contribution in [0.4, 0.5) is 0 Å². The van der Waals surface area contributed by atoms with Crippen LogP contribution in [0.5, 0.6) is 0 Å². The Kier molecular flexibility index (Phi) is 2.51. The molecule has 4 nitrogen and oxygen atoms in total. The molecule has 0 aromatic heterocycles.